The second-order valence-electron chi connectivity index (χ2n) is 6.86. The molecule has 3 rings (SSSR count). The van der Waals surface area contributed by atoms with Crippen molar-refractivity contribution in [3.05, 3.63) is 16.2 Å². The molecule has 1 N–H and O–H groups in total. The number of aromatic nitrogens is 2. The Morgan fingerprint density at radius 3 is 2.60 bits per heavy atom. The van der Waals surface area contributed by atoms with E-state index in [1.54, 1.807) is 4.90 Å². The number of fused-ring (bicyclic) bond motifs is 1. The van der Waals surface area contributed by atoms with Crippen LogP contribution in [-0.2, 0) is 11.3 Å². The number of thiophene rings is 1. The van der Waals surface area contributed by atoms with E-state index in [0.29, 0.717) is 26.2 Å². The zero-order valence-corrected chi connectivity index (χ0v) is 16.0. The van der Waals surface area contributed by atoms with Crippen LogP contribution in [0.5, 0.6) is 0 Å². The van der Waals surface area contributed by atoms with Crippen molar-refractivity contribution in [2.75, 3.05) is 31.1 Å². The van der Waals surface area contributed by atoms with Crippen molar-refractivity contribution < 1.29 is 14.6 Å². The van der Waals surface area contributed by atoms with E-state index in [1.807, 2.05) is 26.8 Å². The first-order valence-corrected chi connectivity index (χ1v) is 9.26. The summed E-state index contributed by atoms with van der Waals surface area (Å²) in [6.07, 6.45) is -0.295. The average molecular weight is 385 g/mol. The zero-order chi connectivity index (χ0) is 18.2. The van der Waals surface area contributed by atoms with Gasteiger partial charge in [-0.2, -0.15) is 4.98 Å². The van der Waals surface area contributed by atoms with Crippen molar-refractivity contribution in [1.29, 1.82) is 0 Å². The highest BCUT2D eigenvalue weighted by atomic mass is 35.5. The quantitative estimate of drug-likeness (QED) is 0.802. The van der Waals surface area contributed by atoms with Crippen LogP contribution in [0.25, 0.3) is 10.2 Å². The van der Waals surface area contributed by atoms with Crippen molar-refractivity contribution in [2.24, 2.45) is 0 Å². The maximum absolute atomic E-state index is 12.2. The molecular formula is C16H21ClN4O3S. The second kappa shape index (κ2) is 6.93. The summed E-state index contributed by atoms with van der Waals surface area (Å²) >= 11 is 7.52. The van der Waals surface area contributed by atoms with Gasteiger partial charge in [0.05, 0.1) is 16.8 Å². The van der Waals surface area contributed by atoms with Gasteiger partial charge in [-0.1, -0.05) is 0 Å². The third-order valence-electron chi connectivity index (χ3n) is 3.76. The molecule has 7 nitrogen and oxygen atoms in total. The number of hydrogen-bond donors (Lipinski definition) is 1. The smallest absolute Gasteiger partial charge is 0.410 e. The summed E-state index contributed by atoms with van der Waals surface area (Å²) in [5.74, 6) is 0.753. The molecule has 0 saturated carbocycles. The predicted octanol–water partition coefficient (Wildman–Crippen LogP) is 2.89. The fourth-order valence-electron chi connectivity index (χ4n) is 2.66. The van der Waals surface area contributed by atoms with E-state index in [0.717, 1.165) is 20.9 Å². The number of carbonyl (C=O) groups is 1. The van der Waals surface area contributed by atoms with Crippen LogP contribution in [0.15, 0.2) is 6.07 Å². The van der Waals surface area contributed by atoms with Crippen molar-refractivity contribution >= 4 is 45.1 Å². The van der Waals surface area contributed by atoms with E-state index in [4.69, 9.17) is 16.3 Å². The van der Waals surface area contributed by atoms with Crippen LogP contribution in [0.1, 0.15) is 25.6 Å². The number of halogens is 1. The normalized spacial score (nSPS) is 15.7. The van der Waals surface area contributed by atoms with Gasteiger partial charge in [0.15, 0.2) is 5.82 Å². The number of piperazine rings is 1. The number of anilines is 1. The Bertz CT molecular complexity index is 782. The SMILES string of the molecule is CC(C)(C)OC(=O)N1CCN(c2nc(Cl)nc3cc(CO)sc23)CC1. The Balaban J connectivity index is 1.76. The highest BCUT2D eigenvalue weighted by Gasteiger charge is 2.27. The molecule has 3 heterocycles. The molecule has 9 heteroatoms. The summed E-state index contributed by atoms with van der Waals surface area (Å²) in [5.41, 5.74) is 0.233. The maximum Gasteiger partial charge on any atom is 0.410 e. The number of amides is 1. The molecule has 0 radical (unpaired) electrons. The van der Waals surface area contributed by atoms with Crippen molar-refractivity contribution in [2.45, 2.75) is 33.0 Å². The van der Waals surface area contributed by atoms with E-state index in [-0.39, 0.29) is 18.0 Å². The van der Waals surface area contributed by atoms with E-state index >= 15 is 0 Å². The minimum atomic E-state index is -0.502. The molecule has 1 saturated heterocycles. The van der Waals surface area contributed by atoms with Crippen LogP contribution in [0.2, 0.25) is 5.28 Å². The molecule has 2 aromatic heterocycles. The number of hydrogen-bond acceptors (Lipinski definition) is 7. The predicted molar refractivity (Wildman–Crippen MR) is 98.4 cm³/mol. The monoisotopic (exact) mass is 384 g/mol. The van der Waals surface area contributed by atoms with E-state index in [2.05, 4.69) is 14.9 Å². The third-order valence-corrected chi connectivity index (χ3v) is 5.04. The number of nitrogens with zero attached hydrogens (tertiary/aromatic N) is 4. The van der Waals surface area contributed by atoms with E-state index < -0.39 is 5.60 Å². The molecule has 1 fully saturated rings. The van der Waals surface area contributed by atoms with Gasteiger partial charge in [0, 0.05) is 31.1 Å². The molecule has 0 bridgehead atoms. The van der Waals surface area contributed by atoms with Crippen molar-refractivity contribution in [1.82, 2.24) is 14.9 Å². The molecule has 0 aliphatic carbocycles. The highest BCUT2D eigenvalue weighted by Crippen LogP contribution is 2.33. The van der Waals surface area contributed by atoms with Crippen LogP contribution < -0.4 is 4.90 Å². The van der Waals surface area contributed by atoms with Crippen LogP contribution in [0, 0.1) is 0 Å². The third kappa shape index (κ3) is 4.13. The lowest BCUT2D eigenvalue weighted by atomic mass is 10.2. The van der Waals surface area contributed by atoms with Crippen molar-refractivity contribution in [3.8, 4) is 0 Å². The van der Waals surface area contributed by atoms with Gasteiger partial charge >= 0.3 is 6.09 Å². The van der Waals surface area contributed by atoms with Crippen LogP contribution >= 0.6 is 22.9 Å². The van der Waals surface area contributed by atoms with E-state index in [1.165, 1.54) is 11.3 Å². The topological polar surface area (TPSA) is 78.8 Å². The Kier molecular flexibility index (Phi) is 5.04. The molecule has 1 amide bonds. The molecule has 0 atom stereocenters. The Morgan fingerprint density at radius 1 is 1.32 bits per heavy atom. The van der Waals surface area contributed by atoms with Gasteiger partial charge in [-0.15, -0.1) is 11.3 Å². The Morgan fingerprint density at radius 2 is 2.00 bits per heavy atom. The summed E-state index contributed by atoms with van der Waals surface area (Å²) in [4.78, 5) is 25.4. The summed E-state index contributed by atoms with van der Waals surface area (Å²) in [6.45, 7) is 7.90. The van der Waals surface area contributed by atoms with Gasteiger partial charge in [0.1, 0.15) is 5.60 Å². The second-order valence-corrected chi connectivity index (χ2v) is 8.33. The van der Waals surface area contributed by atoms with Crippen LogP contribution in [-0.4, -0.2) is 57.8 Å². The summed E-state index contributed by atoms with van der Waals surface area (Å²) in [5, 5.41) is 9.54. The minimum absolute atomic E-state index is 0.0372. The molecule has 0 spiro atoms. The highest BCUT2D eigenvalue weighted by molar-refractivity contribution is 7.19. The molecule has 1 aliphatic heterocycles. The van der Waals surface area contributed by atoms with Crippen LogP contribution in [0.3, 0.4) is 0 Å². The largest absolute Gasteiger partial charge is 0.444 e. The molecule has 0 unspecified atom stereocenters. The van der Waals surface area contributed by atoms with Crippen molar-refractivity contribution in [3.63, 3.8) is 0 Å². The van der Waals surface area contributed by atoms with Gasteiger partial charge in [-0.3, -0.25) is 0 Å². The van der Waals surface area contributed by atoms with Crippen LogP contribution in [0.4, 0.5) is 10.6 Å². The lowest BCUT2D eigenvalue weighted by molar-refractivity contribution is 0.0240. The zero-order valence-electron chi connectivity index (χ0n) is 14.5. The fraction of sp³-hybridized carbons (Fsp3) is 0.562. The number of aliphatic hydroxyl groups excluding tert-OH is 1. The number of carbonyl (C=O) groups excluding carboxylic acids is 1. The van der Waals surface area contributed by atoms with Gasteiger partial charge in [0.25, 0.3) is 0 Å². The average Bonchev–Trinajstić information content (AvgIpc) is 2.95. The van der Waals surface area contributed by atoms with Gasteiger partial charge in [-0.05, 0) is 38.4 Å². The first kappa shape index (κ1) is 18.2. The van der Waals surface area contributed by atoms with Gasteiger partial charge < -0.3 is 19.6 Å². The molecule has 1 aliphatic rings. The number of rotatable bonds is 2. The number of aliphatic hydroxyl groups is 1. The Labute approximate surface area is 155 Å². The first-order valence-electron chi connectivity index (χ1n) is 8.06. The molecule has 2 aromatic rings. The lowest BCUT2D eigenvalue weighted by Gasteiger charge is -2.36. The molecule has 25 heavy (non-hydrogen) atoms. The summed E-state index contributed by atoms with van der Waals surface area (Å²) < 4.78 is 6.32. The maximum atomic E-state index is 12.2. The Hall–Kier alpha value is -1.64. The summed E-state index contributed by atoms with van der Waals surface area (Å²) in [6, 6.07) is 1.83. The van der Waals surface area contributed by atoms with Gasteiger partial charge in [-0.25, -0.2) is 9.78 Å². The minimum Gasteiger partial charge on any atom is -0.444 e. The fourth-order valence-corrected chi connectivity index (χ4v) is 3.80. The standard InChI is InChI=1S/C16H21ClN4O3S/c1-16(2,3)24-15(23)21-6-4-20(5-7-21)13-12-11(18-14(17)19-13)8-10(9-22)25-12/h8,22H,4-7,9H2,1-3H3. The molecule has 0 aromatic carbocycles. The lowest BCUT2D eigenvalue weighted by Crippen LogP contribution is -2.50. The van der Waals surface area contributed by atoms with Gasteiger partial charge in [0.2, 0.25) is 5.28 Å². The first-order chi connectivity index (χ1) is 11.8. The van der Waals surface area contributed by atoms with E-state index in [9.17, 15) is 9.90 Å². The summed E-state index contributed by atoms with van der Waals surface area (Å²) in [7, 11) is 0. The molecule has 136 valence electrons. The molecular weight excluding hydrogens is 364 g/mol. The number of ether oxygens (including phenoxy) is 1.